The van der Waals surface area contributed by atoms with Crippen molar-refractivity contribution in [2.75, 3.05) is 0 Å². The third-order valence-corrected chi connectivity index (χ3v) is 2.52. The molecule has 0 atom stereocenters. The van der Waals surface area contributed by atoms with Gasteiger partial charge in [0.25, 0.3) is 5.19 Å². The SMILES string of the molecule is CC(=O)c1ccc(Oc2nccs2)cc1. The molecule has 0 fully saturated rings. The smallest absolute Gasteiger partial charge is 0.278 e. The number of rotatable bonds is 3. The largest absolute Gasteiger partial charge is 0.431 e. The molecule has 0 aliphatic carbocycles. The molecule has 1 aromatic heterocycles. The Hall–Kier alpha value is -1.68. The van der Waals surface area contributed by atoms with Crippen molar-refractivity contribution < 1.29 is 9.53 Å². The summed E-state index contributed by atoms with van der Waals surface area (Å²) in [6.45, 7) is 1.54. The van der Waals surface area contributed by atoms with Gasteiger partial charge in [-0.05, 0) is 31.2 Å². The highest BCUT2D eigenvalue weighted by molar-refractivity contribution is 7.11. The molecule has 2 aromatic rings. The van der Waals surface area contributed by atoms with Gasteiger partial charge in [0.2, 0.25) is 0 Å². The van der Waals surface area contributed by atoms with E-state index in [0.717, 1.165) is 0 Å². The average Bonchev–Trinajstić information content (AvgIpc) is 2.71. The Morgan fingerprint density at radius 3 is 2.60 bits per heavy atom. The van der Waals surface area contributed by atoms with E-state index in [0.29, 0.717) is 16.5 Å². The van der Waals surface area contributed by atoms with Crippen LogP contribution in [0.1, 0.15) is 17.3 Å². The molecule has 0 bridgehead atoms. The van der Waals surface area contributed by atoms with Gasteiger partial charge in [-0.1, -0.05) is 11.3 Å². The van der Waals surface area contributed by atoms with E-state index in [-0.39, 0.29) is 5.78 Å². The van der Waals surface area contributed by atoms with Gasteiger partial charge in [-0.2, -0.15) is 0 Å². The van der Waals surface area contributed by atoms with Crippen LogP contribution in [0.4, 0.5) is 0 Å². The minimum absolute atomic E-state index is 0.0517. The maximum atomic E-state index is 11.0. The van der Waals surface area contributed by atoms with Gasteiger partial charge in [0.05, 0.1) is 0 Å². The molecule has 0 aliphatic heterocycles. The highest BCUT2D eigenvalue weighted by Crippen LogP contribution is 2.23. The summed E-state index contributed by atoms with van der Waals surface area (Å²) in [6, 6.07) is 7.01. The number of ether oxygens (including phenoxy) is 1. The highest BCUT2D eigenvalue weighted by atomic mass is 32.1. The van der Waals surface area contributed by atoms with Crippen molar-refractivity contribution in [3.63, 3.8) is 0 Å². The fourth-order valence-electron chi connectivity index (χ4n) is 1.12. The lowest BCUT2D eigenvalue weighted by Gasteiger charge is -2.01. The van der Waals surface area contributed by atoms with Crippen LogP contribution in [0.5, 0.6) is 10.9 Å². The van der Waals surface area contributed by atoms with Gasteiger partial charge < -0.3 is 4.74 Å². The van der Waals surface area contributed by atoms with Crippen LogP contribution in [0, 0.1) is 0 Å². The number of Topliss-reactive ketones (excluding diaryl/α,β-unsaturated/α-hetero) is 1. The zero-order chi connectivity index (χ0) is 10.7. The van der Waals surface area contributed by atoms with Crippen LogP contribution in [0.2, 0.25) is 0 Å². The fraction of sp³-hybridized carbons (Fsp3) is 0.0909. The van der Waals surface area contributed by atoms with Crippen molar-refractivity contribution in [2.45, 2.75) is 6.92 Å². The second-order valence-corrected chi connectivity index (χ2v) is 3.84. The first kappa shape index (κ1) is 9.86. The zero-order valence-electron chi connectivity index (χ0n) is 8.14. The Labute approximate surface area is 91.4 Å². The number of aromatic nitrogens is 1. The molecular formula is C11H9NO2S. The van der Waals surface area contributed by atoms with Gasteiger partial charge in [-0.25, -0.2) is 4.98 Å². The van der Waals surface area contributed by atoms with Crippen LogP contribution in [0.15, 0.2) is 35.8 Å². The van der Waals surface area contributed by atoms with Crippen LogP contribution in [0.25, 0.3) is 0 Å². The molecule has 0 aliphatic rings. The lowest BCUT2D eigenvalue weighted by Crippen LogP contribution is -1.91. The third-order valence-electron chi connectivity index (χ3n) is 1.88. The molecule has 0 amide bonds. The van der Waals surface area contributed by atoms with Crippen LogP contribution < -0.4 is 4.74 Å². The van der Waals surface area contributed by atoms with Crippen molar-refractivity contribution in [1.82, 2.24) is 4.98 Å². The van der Waals surface area contributed by atoms with E-state index in [2.05, 4.69) is 4.98 Å². The number of thiazole rings is 1. The first-order chi connectivity index (χ1) is 7.25. The molecule has 1 heterocycles. The molecule has 0 N–H and O–H groups in total. The summed E-state index contributed by atoms with van der Waals surface area (Å²) < 4.78 is 5.45. The van der Waals surface area contributed by atoms with Crippen molar-refractivity contribution in [1.29, 1.82) is 0 Å². The van der Waals surface area contributed by atoms with E-state index in [4.69, 9.17) is 4.74 Å². The zero-order valence-corrected chi connectivity index (χ0v) is 8.95. The van der Waals surface area contributed by atoms with Gasteiger partial charge >= 0.3 is 0 Å². The quantitative estimate of drug-likeness (QED) is 0.744. The number of hydrogen-bond donors (Lipinski definition) is 0. The van der Waals surface area contributed by atoms with E-state index < -0.39 is 0 Å². The monoisotopic (exact) mass is 219 g/mol. The summed E-state index contributed by atoms with van der Waals surface area (Å²) >= 11 is 1.43. The van der Waals surface area contributed by atoms with Gasteiger partial charge in [0.15, 0.2) is 5.78 Å². The van der Waals surface area contributed by atoms with Crippen LogP contribution in [-0.2, 0) is 0 Å². The fourth-order valence-corrected chi connectivity index (χ4v) is 1.62. The molecule has 0 radical (unpaired) electrons. The van der Waals surface area contributed by atoms with Crippen LogP contribution in [0.3, 0.4) is 0 Å². The molecular weight excluding hydrogens is 210 g/mol. The highest BCUT2D eigenvalue weighted by Gasteiger charge is 2.01. The molecule has 3 nitrogen and oxygen atoms in total. The van der Waals surface area contributed by atoms with E-state index in [9.17, 15) is 4.79 Å². The van der Waals surface area contributed by atoms with Gasteiger partial charge in [-0.3, -0.25) is 4.79 Å². The van der Waals surface area contributed by atoms with E-state index in [1.165, 1.54) is 18.3 Å². The molecule has 0 saturated carbocycles. The number of carbonyl (C=O) groups excluding carboxylic acids is 1. The van der Waals surface area contributed by atoms with E-state index in [1.54, 1.807) is 30.5 Å². The second kappa shape index (κ2) is 4.23. The summed E-state index contributed by atoms with van der Waals surface area (Å²) in [5, 5.41) is 2.45. The average molecular weight is 219 g/mol. The predicted molar refractivity (Wildman–Crippen MR) is 58.6 cm³/mol. The molecule has 76 valence electrons. The molecule has 15 heavy (non-hydrogen) atoms. The first-order valence-corrected chi connectivity index (χ1v) is 5.32. The lowest BCUT2D eigenvalue weighted by molar-refractivity contribution is 0.101. The molecule has 0 spiro atoms. The number of nitrogens with zero attached hydrogens (tertiary/aromatic N) is 1. The molecule has 2 rings (SSSR count). The number of benzene rings is 1. The molecule has 4 heteroatoms. The van der Waals surface area contributed by atoms with Gasteiger partial charge in [0.1, 0.15) is 5.75 Å². The summed E-state index contributed by atoms with van der Waals surface area (Å²) in [5.41, 5.74) is 0.682. The molecule has 1 aromatic carbocycles. The molecule has 0 unspecified atom stereocenters. The minimum atomic E-state index is 0.0517. The Balaban J connectivity index is 2.14. The lowest BCUT2D eigenvalue weighted by atomic mass is 10.1. The summed E-state index contributed by atoms with van der Waals surface area (Å²) in [6.07, 6.45) is 1.68. The summed E-state index contributed by atoms with van der Waals surface area (Å²) in [5.74, 6) is 0.741. The van der Waals surface area contributed by atoms with E-state index >= 15 is 0 Å². The van der Waals surface area contributed by atoms with Crippen LogP contribution in [-0.4, -0.2) is 10.8 Å². The predicted octanol–water partition coefficient (Wildman–Crippen LogP) is 3.14. The Morgan fingerprint density at radius 2 is 2.07 bits per heavy atom. The van der Waals surface area contributed by atoms with Crippen molar-refractivity contribution in [3.8, 4) is 10.9 Å². The Morgan fingerprint density at radius 1 is 1.33 bits per heavy atom. The summed E-state index contributed by atoms with van der Waals surface area (Å²) in [4.78, 5) is 15.0. The van der Waals surface area contributed by atoms with Gasteiger partial charge in [-0.15, -0.1) is 0 Å². The van der Waals surface area contributed by atoms with Crippen molar-refractivity contribution >= 4 is 17.1 Å². The molecule has 0 saturated heterocycles. The number of hydrogen-bond acceptors (Lipinski definition) is 4. The maximum Gasteiger partial charge on any atom is 0.278 e. The standard InChI is InChI=1S/C11H9NO2S/c1-8(13)9-2-4-10(5-3-9)14-11-12-6-7-15-11/h2-7H,1H3. The minimum Gasteiger partial charge on any atom is -0.431 e. The van der Waals surface area contributed by atoms with Crippen molar-refractivity contribution in [3.05, 3.63) is 41.4 Å². The second-order valence-electron chi connectivity index (χ2n) is 2.98. The Kier molecular flexibility index (Phi) is 2.78. The summed E-state index contributed by atoms with van der Waals surface area (Å²) in [7, 11) is 0. The normalized spacial score (nSPS) is 9.93. The van der Waals surface area contributed by atoms with E-state index in [1.807, 2.05) is 5.38 Å². The number of ketones is 1. The topological polar surface area (TPSA) is 39.2 Å². The maximum absolute atomic E-state index is 11.0. The first-order valence-electron chi connectivity index (χ1n) is 4.44. The number of carbonyl (C=O) groups is 1. The Bertz CT molecular complexity index is 448. The van der Waals surface area contributed by atoms with Crippen LogP contribution >= 0.6 is 11.3 Å². The van der Waals surface area contributed by atoms with Crippen molar-refractivity contribution in [2.24, 2.45) is 0 Å². The van der Waals surface area contributed by atoms with Gasteiger partial charge in [0, 0.05) is 17.1 Å². The third kappa shape index (κ3) is 2.41.